The summed E-state index contributed by atoms with van der Waals surface area (Å²) in [6.07, 6.45) is 0.829. The second-order valence-corrected chi connectivity index (χ2v) is 8.02. The number of aryl methyl sites for hydroxylation is 2. The second kappa shape index (κ2) is 8.88. The molecule has 33 heavy (non-hydrogen) atoms. The Labute approximate surface area is 195 Å². The molecule has 0 spiro atoms. The van der Waals surface area contributed by atoms with Crippen LogP contribution in [0.4, 0.5) is 17.1 Å². The van der Waals surface area contributed by atoms with E-state index in [2.05, 4.69) is 5.32 Å². The number of halogens is 1. The number of non-ortho nitro benzene ring substituents is 1. The third kappa shape index (κ3) is 4.23. The van der Waals surface area contributed by atoms with E-state index in [1.807, 2.05) is 26.0 Å². The second-order valence-electron chi connectivity index (χ2n) is 7.61. The van der Waals surface area contributed by atoms with Gasteiger partial charge in [0.25, 0.3) is 17.5 Å². The summed E-state index contributed by atoms with van der Waals surface area (Å²) in [6, 6.07) is 18.0. The third-order valence-electron chi connectivity index (χ3n) is 5.49. The molecule has 7 nitrogen and oxygen atoms in total. The number of nitro benzene ring substituents is 1. The van der Waals surface area contributed by atoms with E-state index in [4.69, 9.17) is 11.6 Å². The van der Waals surface area contributed by atoms with Crippen LogP contribution in [0.2, 0.25) is 5.02 Å². The molecule has 0 saturated carbocycles. The number of anilines is 2. The number of benzene rings is 3. The van der Waals surface area contributed by atoms with Gasteiger partial charge in [0.05, 0.1) is 16.2 Å². The highest BCUT2D eigenvalue weighted by molar-refractivity contribution is 6.46. The van der Waals surface area contributed by atoms with Gasteiger partial charge in [-0.2, -0.15) is 0 Å². The number of nitrogens with zero attached hydrogens (tertiary/aromatic N) is 2. The van der Waals surface area contributed by atoms with Gasteiger partial charge in [-0.15, -0.1) is 0 Å². The molecule has 1 aliphatic rings. The molecule has 0 saturated heterocycles. The number of carbonyl (C=O) groups excluding carboxylic acids is 2. The van der Waals surface area contributed by atoms with Gasteiger partial charge in [-0.05, 0) is 66.4 Å². The summed E-state index contributed by atoms with van der Waals surface area (Å²) >= 11 is 6.24. The molecule has 4 rings (SSSR count). The number of imide groups is 1. The lowest BCUT2D eigenvalue weighted by atomic mass is 10.0. The van der Waals surface area contributed by atoms with Crippen LogP contribution in [-0.2, 0) is 16.0 Å². The van der Waals surface area contributed by atoms with E-state index in [1.165, 1.54) is 24.3 Å². The van der Waals surface area contributed by atoms with Gasteiger partial charge < -0.3 is 5.32 Å². The fourth-order valence-corrected chi connectivity index (χ4v) is 3.77. The van der Waals surface area contributed by atoms with Crippen molar-refractivity contribution in [3.05, 3.63) is 104 Å². The van der Waals surface area contributed by atoms with Crippen LogP contribution in [0.15, 0.2) is 72.4 Å². The number of rotatable bonds is 6. The average molecular weight is 462 g/mol. The standard InChI is InChI=1S/C25H20ClN3O4/c1-3-16-5-10-19(11-6-16)28-24(30)22(17-7-12-20(13-8-17)29(32)33)23(25(28)31)27-18-9-4-15(2)21(26)14-18/h4-14,27H,3H2,1-2H3. The Morgan fingerprint density at radius 3 is 2.21 bits per heavy atom. The van der Waals surface area contributed by atoms with Gasteiger partial charge in [0.1, 0.15) is 5.70 Å². The lowest BCUT2D eigenvalue weighted by Crippen LogP contribution is -2.32. The van der Waals surface area contributed by atoms with Gasteiger partial charge in [-0.25, -0.2) is 4.90 Å². The Morgan fingerprint density at radius 2 is 1.64 bits per heavy atom. The van der Waals surface area contributed by atoms with Crippen molar-refractivity contribution in [3.63, 3.8) is 0 Å². The molecule has 0 unspecified atom stereocenters. The van der Waals surface area contributed by atoms with Gasteiger partial charge in [-0.3, -0.25) is 19.7 Å². The highest BCUT2D eigenvalue weighted by Gasteiger charge is 2.40. The van der Waals surface area contributed by atoms with Crippen molar-refractivity contribution in [3.8, 4) is 0 Å². The van der Waals surface area contributed by atoms with Gasteiger partial charge in [0.2, 0.25) is 0 Å². The molecule has 0 aromatic heterocycles. The molecule has 1 aliphatic heterocycles. The van der Waals surface area contributed by atoms with Crippen LogP contribution >= 0.6 is 11.6 Å². The Bertz CT molecular complexity index is 1300. The normalized spacial score (nSPS) is 13.6. The predicted molar refractivity (Wildman–Crippen MR) is 128 cm³/mol. The number of nitrogens with one attached hydrogen (secondary N) is 1. The molecule has 0 radical (unpaired) electrons. The van der Waals surface area contributed by atoms with Crippen LogP contribution < -0.4 is 10.2 Å². The van der Waals surface area contributed by atoms with Gasteiger partial charge in [-0.1, -0.05) is 36.7 Å². The number of hydrogen-bond donors (Lipinski definition) is 1. The van der Waals surface area contributed by atoms with Crippen molar-refractivity contribution in [1.82, 2.24) is 0 Å². The smallest absolute Gasteiger partial charge is 0.282 e. The van der Waals surface area contributed by atoms with Crippen molar-refractivity contribution in [2.75, 3.05) is 10.2 Å². The van der Waals surface area contributed by atoms with Crippen molar-refractivity contribution >= 4 is 46.1 Å². The topological polar surface area (TPSA) is 92.6 Å². The Hall–Kier alpha value is -3.97. The molecule has 0 fully saturated rings. The Morgan fingerprint density at radius 1 is 0.970 bits per heavy atom. The van der Waals surface area contributed by atoms with Crippen LogP contribution in [-0.4, -0.2) is 16.7 Å². The zero-order valence-corrected chi connectivity index (χ0v) is 18.7. The zero-order valence-electron chi connectivity index (χ0n) is 18.0. The van der Waals surface area contributed by atoms with Gasteiger partial charge in [0.15, 0.2) is 0 Å². The molecule has 1 N–H and O–H groups in total. The summed E-state index contributed by atoms with van der Waals surface area (Å²) in [5.41, 5.74) is 3.44. The average Bonchev–Trinajstić information content (AvgIpc) is 3.05. The minimum atomic E-state index is -0.519. The van der Waals surface area contributed by atoms with E-state index >= 15 is 0 Å². The fourth-order valence-electron chi connectivity index (χ4n) is 3.59. The summed E-state index contributed by atoms with van der Waals surface area (Å²) in [4.78, 5) is 38.5. The molecule has 2 amide bonds. The molecule has 166 valence electrons. The quantitative estimate of drug-likeness (QED) is 0.296. The molecule has 3 aromatic carbocycles. The first-order chi connectivity index (χ1) is 15.8. The van der Waals surface area contributed by atoms with E-state index in [9.17, 15) is 19.7 Å². The predicted octanol–water partition coefficient (Wildman–Crippen LogP) is 5.52. The zero-order chi connectivity index (χ0) is 23.7. The van der Waals surface area contributed by atoms with E-state index in [0.717, 1.165) is 22.4 Å². The van der Waals surface area contributed by atoms with Crippen LogP contribution in [0.1, 0.15) is 23.6 Å². The van der Waals surface area contributed by atoms with Crippen molar-refractivity contribution in [2.24, 2.45) is 0 Å². The minimum absolute atomic E-state index is 0.0772. The van der Waals surface area contributed by atoms with Crippen LogP contribution in [0.5, 0.6) is 0 Å². The Balaban J connectivity index is 1.80. The van der Waals surface area contributed by atoms with Crippen LogP contribution in [0, 0.1) is 17.0 Å². The third-order valence-corrected chi connectivity index (χ3v) is 5.90. The van der Waals surface area contributed by atoms with Gasteiger partial charge in [0, 0.05) is 22.8 Å². The summed E-state index contributed by atoms with van der Waals surface area (Å²) in [7, 11) is 0. The first-order valence-corrected chi connectivity index (χ1v) is 10.7. The van der Waals surface area contributed by atoms with E-state index < -0.39 is 16.7 Å². The van der Waals surface area contributed by atoms with E-state index in [-0.39, 0.29) is 17.0 Å². The molecule has 0 atom stereocenters. The van der Waals surface area contributed by atoms with Crippen molar-refractivity contribution < 1.29 is 14.5 Å². The summed E-state index contributed by atoms with van der Waals surface area (Å²) < 4.78 is 0. The molecule has 1 heterocycles. The first-order valence-electron chi connectivity index (χ1n) is 10.3. The number of carbonyl (C=O) groups is 2. The highest BCUT2D eigenvalue weighted by atomic mass is 35.5. The maximum atomic E-state index is 13.5. The summed E-state index contributed by atoms with van der Waals surface area (Å²) in [5, 5.41) is 14.6. The number of hydrogen-bond acceptors (Lipinski definition) is 5. The minimum Gasteiger partial charge on any atom is -0.350 e. The van der Waals surface area contributed by atoms with Crippen LogP contribution in [0.25, 0.3) is 5.57 Å². The monoisotopic (exact) mass is 461 g/mol. The maximum Gasteiger partial charge on any atom is 0.282 e. The molecular weight excluding hydrogens is 442 g/mol. The van der Waals surface area contributed by atoms with E-state index in [1.54, 1.807) is 30.3 Å². The number of amides is 2. The number of nitro groups is 1. The molecular formula is C25H20ClN3O4. The SMILES string of the molecule is CCc1ccc(N2C(=O)C(Nc3ccc(C)c(Cl)c3)=C(c3ccc([N+](=O)[O-])cc3)C2=O)cc1. The largest absolute Gasteiger partial charge is 0.350 e. The first kappa shape index (κ1) is 22.2. The van der Waals surface area contributed by atoms with E-state index in [0.29, 0.717) is 22.0 Å². The molecule has 0 aliphatic carbocycles. The Kier molecular flexibility index (Phi) is 5.98. The van der Waals surface area contributed by atoms with Crippen molar-refractivity contribution in [1.29, 1.82) is 0 Å². The molecule has 0 bridgehead atoms. The van der Waals surface area contributed by atoms with Crippen LogP contribution in [0.3, 0.4) is 0 Å². The fraction of sp³-hybridized carbons (Fsp3) is 0.120. The summed E-state index contributed by atoms with van der Waals surface area (Å²) in [5.74, 6) is -1.03. The lowest BCUT2D eigenvalue weighted by molar-refractivity contribution is -0.384. The molecule has 3 aromatic rings. The summed E-state index contributed by atoms with van der Waals surface area (Å²) in [6.45, 7) is 3.88. The maximum absolute atomic E-state index is 13.5. The highest BCUT2D eigenvalue weighted by Crippen LogP contribution is 2.35. The molecule has 8 heteroatoms. The van der Waals surface area contributed by atoms with Gasteiger partial charge >= 0.3 is 0 Å². The lowest BCUT2D eigenvalue weighted by Gasteiger charge is -2.16. The van der Waals surface area contributed by atoms with Crippen molar-refractivity contribution in [2.45, 2.75) is 20.3 Å².